The lowest BCUT2D eigenvalue weighted by Crippen LogP contribution is -2.60. The van der Waals surface area contributed by atoms with E-state index in [0.717, 1.165) is 70.6 Å². The number of hydrogen-bond donors (Lipinski definition) is 6. The van der Waals surface area contributed by atoms with Gasteiger partial charge in [0.15, 0.2) is 6.29 Å². The molecule has 1 fully saturated rings. The van der Waals surface area contributed by atoms with Crippen LogP contribution in [-0.2, 0) is 14.3 Å². The van der Waals surface area contributed by atoms with Crippen LogP contribution >= 0.6 is 0 Å². The molecule has 0 spiro atoms. The zero-order valence-electron chi connectivity index (χ0n) is 33.5. The van der Waals surface area contributed by atoms with Gasteiger partial charge in [-0.05, 0) is 57.8 Å². The van der Waals surface area contributed by atoms with Crippen molar-refractivity contribution in [3.05, 3.63) is 48.6 Å². The summed E-state index contributed by atoms with van der Waals surface area (Å²) in [6, 6.07) is -0.828. The molecule has 9 nitrogen and oxygen atoms in total. The molecule has 0 aliphatic carbocycles. The Morgan fingerprint density at radius 1 is 0.642 bits per heavy atom. The number of hydrogen-bond acceptors (Lipinski definition) is 8. The van der Waals surface area contributed by atoms with E-state index >= 15 is 0 Å². The second-order valence-corrected chi connectivity index (χ2v) is 14.8. The molecule has 0 bridgehead atoms. The minimum absolute atomic E-state index is 0.204. The van der Waals surface area contributed by atoms with Crippen molar-refractivity contribution in [1.29, 1.82) is 0 Å². The van der Waals surface area contributed by atoms with Crippen LogP contribution in [0, 0.1) is 0 Å². The summed E-state index contributed by atoms with van der Waals surface area (Å²) in [6.45, 7) is 3.68. The molecule has 1 saturated heterocycles. The van der Waals surface area contributed by atoms with Crippen molar-refractivity contribution in [1.82, 2.24) is 5.32 Å². The van der Waals surface area contributed by atoms with Gasteiger partial charge >= 0.3 is 0 Å². The zero-order valence-corrected chi connectivity index (χ0v) is 33.5. The van der Waals surface area contributed by atoms with Gasteiger partial charge in [-0.25, -0.2) is 0 Å². The fourth-order valence-electron chi connectivity index (χ4n) is 6.36. The lowest BCUT2D eigenvalue weighted by atomic mass is 9.99. The predicted octanol–water partition coefficient (Wildman–Crippen LogP) is 8.28. The number of rotatable bonds is 34. The first-order valence-corrected chi connectivity index (χ1v) is 21.4. The third-order valence-electron chi connectivity index (χ3n) is 9.88. The topological polar surface area (TPSA) is 149 Å². The van der Waals surface area contributed by atoms with E-state index in [1.54, 1.807) is 6.08 Å². The Hall–Kier alpha value is -1.85. The molecule has 1 amide bonds. The van der Waals surface area contributed by atoms with Crippen molar-refractivity contribution in [2.75, 3.05) is 13.2 Å². The molecule has 1 heterocycles. The number of aliphatic hydroxyl groups excluding tert-OH is 5. The normalized spacial score (nSPS) is 22.1. The van der Waals surface area contributed by atoms with Crippen LogP contribution in [-0.4, -0.2) is 87.5 Å². The highest BCUT2D eigenvalue weighted by Gasteiger charge is 2.44. The Labute approximate surface area is 323 Å². The summed E-state index contributed by atoms with van der Waals surface area (Å²) in [5.74, 6) is -0.204. The highest BCUT2D eigenvalue weighted by Crippen LogP contribution is 2.22. The van der Waals surface area contributed by atoms with E-state index in [1.165, 1.54) is 77.0 Å². The first-order valence-electron chi connectivity index (χ1n) is 21.4. The molecule has 53 heavy (non-hydrogen) atoms. The lowest BCUT2D eigenvalue weighted by Gasteiger charge is -2.40. The van der Waals surface area contributed by atoms with Gasteiger partial charge in [-0.15, -0.1) is 0 Å². The number of allylic oxidation sites excluding steroid dienone is 7. The van der Waals surface area contributed by atoms with Gasteiger partial charge in [0.25, 0.3) is 0 Å². The van der Waals surface area contributed by atoms with Crippen LogP contribution in [0.1, 0.15) is 168 Å². The van der Waals surface area contributed by atoms with E-state index in [1.807, 2.05) is 6.08 Å². The van der Waals surface area contributed by atoms with Crippen molar-refractivity contribution in [2.45, 2.75) is 211 Å². The third-order valence-corrected chi connectivity index (χ3v) is 9.88. The highest BCUT2D eigenvalue weighted by atomic mass is 16.7. The maximum Gasteiger partial charge on any atom is 0.220 e. The maximum atomic E-state index is 12.9. The van der Waals surface area contributed by atoms with Gasteiger partial charge in [0.2, 0.25) is 5.91 Å². The van der Waals surface area contributed by atoms with Crippen molar-refractivity contribution in [2.24, 2.45) is 0 Å². The summed E-state index contributed by atoms with van der Waals surface area (Å²) in [7, 11) is 0. The smallest absolute Gasteiger partial charge is 0.220 e. The second kappa shape index (κ2) is 34.6. The van der Waals surface area contributed by atoms with Gasteiger partial charge in [-0.3, -0.25) is 4.79 Å². The molecule has 1 rings (SSSR count). The monoisotopic (exact) mass is 750 g/mol. The molecule has 0 saturated carbocycles. The number of aliphatic hydroxyl groups is 5. The van der Waals surface area contributed by atoms with E-state index < -0.39 is 49.5 Å². The molecule has 1 aliphatic rings. The molecule has 308 valence electrons. The molecule has 1 aliphatic heterocycles. The SMILES string of the molecule is CCCC/C=C\C/C=C\CCCCCCCC(=O)NC(COC1OC(CO)C(O)C(O)C1O)C(O)/C=C/CC/C=C/CCCCCCCCCCCC. The van der Waals surface area contributed by atoms with Crippen LogP contribution in [0.3, 0.4) is 0 Å². The van der Waals surface area contributed by atoms with Crippen LogP contribution in [0.15, 0.2) is 48.6 Å². The quantitative estimate of drug-likeness (QED) is 0.0285. The summed E-state index contributed by atoms with van der Waals surface area (Å²) in [6.07, 6.45) is 35.8. The molecule has 9 heteroatoms. The van der Waals surface area contributed by atoms with Crippen molar-refractivity contribution in [3.63, 3.8) is 0 Å². The van der Waals surface area contributed by atoms with Crippen molar-refractivity contribution >= 4 is 5.91 Å². The Morgan fingerprint density at radius 3 is 1.75 bits per heavy atom. The Morgan fingerprint density at radius 2 is 1.15 bits per heavy atom. The Balaban J connectivity index is 2.45. The summed E-state index contributed by atoms with van der Waals surface area (Å²) >= 11 is 0. The van der Waals surface area contributed by atoms with Crippen LogP contribution in [0.4, 0.5) is 0 Å². The summed E-state index contributed by atoms with van der Waals surface area (Å²) in [5, 5.41) is 54.0. The van der Waals surface area contributed by atoms with Crippen LogP contribution in [0.25, 0.3) is 0 Å². The molecule has 0 aromatic carbocycles. The number of ether oxygens (including phenoxy) is 2. The molecular weight excluding hydrogens is 670 g/mol. The first kappa shape index (κ1) is 49.2. The van der Waals surface area contributed by atoms with E-state index in [-0.39, 0.29) is 12.5 Å². The van der Waals surface area contributed by atoms with Gasteiger partial charge in [0, 0.05) is 6.42 Å². The number of amides is 1. The van der Waals surface area contributed by atoms with Crippen LogP contribution in [0.2, 0.25) is 0 Å². The number of carbonyl (C=O) groups is 1. The van der Waals surface area contributed by atoms with E-state index in [9.17, 15) is 30.3 Å². The van der Waals surface area contributed by atoms with Crippen LogP contribution in [0.5, 0.6) is 0 Å². The Kier molecular flexibility index (Phi) is 32.1. The Bertz CT molecular complexity index is 967. The average Bonchev–Trinajstić information content (AvgIpc) is 3.16. The van der Waals surface area contributed by atoms with Gasteiger partial charge in [0.1, 0.15) is 24.4 Å². The minimum Gasteiger partial charge on any atom is -0.394 e. The molecule has 0 aromatic rings. The molecule has 6 N–H and O–H groups in total. The van der Waals surface area contributed by atoms with E-state index in [2.05, 4.69) is 55.6 Å². The molecular formula is C44H79NO8. The summed E-state index contributed by atoms with van der Waals surface area (Å²) in [4.78, 5) is 12.9. The van der Waals surface area contributed by atoms with E-state index in [0.29, 0.717) is 6.42 Å². The summed E-state index contributed by atoms with van der Waals surface area (Å²) < 4.78 is 11.2. The average molecular weight is 750 g/mol. The fourth-order valence-corrected chi connectivity index (χ4v) is 6.36. The van der Waals surface area contributed by atoms with Gasteiger partial charge in [-0.2, -0.15) is 0 Å². The summed E-state index contributed by atoms with van der Waals surface area (Å²) in [5.41, 5.74) is 0. The highest BCUT2D eigenvalue weighted by molar-refractivity contribution is 5.76. The molecule has 7 unspecified atom stereocenters. The molecule has 7 atom stereocenters. The van der Waals surface area contributed by atoms with Gasteiger partial charge in [-0.1, -0.05) is 152 Å². The number of unbranched alkanes of at least 4 members (excludes halogenated alkanes) is 18. The van der Waals surface area contributed by atoms with Gasteiger partial charge in [0.05, 0.1) is 25.4 Å². The zero-order chi connectivity index (χ0) is 38.8. The van der Waals surface area contributed by atoms with E-state index in [4.69, 9.17) is 9.47 Å². The fraction of sp³-hybridized carbons (Fsp3) is 0.795. The number of nitrogens with one attached hydrogen (secondary N) is 1. The standard InChI is InChI=1S/C44H79NO8/c1-3-5-7-9-11-13-15-17-19-20-21-23-25-27-29-31-33-38(47)37(36-52-44-43(51)42(50)41(49)39(35-46)53-44)45-40(48)34-32-30-28-26-24-22-18-16-14-12-10-8-6-4-2/h10,12,16,18,23,25,31,33,37-39,41-44,46-47,49-51H,3-9,11,13-15,17,19-22,24,26-30,32,34-36H2,1-2H3,(H,45,48)/b12-10-,18-16-,25-23+,33-31+. The minimum atomic E-state index is -1.57. The molecule has 0 radical (unpaired) electrons. The lowest BCUT2D eigenvalue weighted by molar-refractivity contribution is -0.302. The predicted molar refractivity (Wildman–Crippen MR) is 216 cm³/mol. The van der Waals surface area contributed by atoms with Gasteiger partial charge < -0.3 is 40.3 Å². The molecule has 0 aromatic heterocycles. The third kappa shape index (κ3) is 25.8. The van der Waals surface area contributed by atoms with Crippen molar-refractivity contribution < 1.29 is 39.8 Å². The largest absolute Gasteiger partial charge is 0.394 e. The second-order valence-electron chi connectivity index (χ2n) is 14.8. The number of carbonyl (C=O) groups excluding carboxylic acids is 1. The maximum absolute atomic E-state index is 12.9. The van der Waals surface area contributed by atoms with Crippen molar-refractivity contribution in [3.8, 4) is 0 Å². The van der Waals surface area contributed by atoms with Crippen LogP contribution < -0.4 is 5.32 Å². The first-order chi connectivity index (χ1) is 25.8.